The minimum absolute atomic E-state index is 0.0824. The van der Waals surface area contributed by atoms with E-state index in [4.69, 9.17) is 4.99 Å². The summed E-state index contributed by atoms with van der Waals surface area (Å²) in [5.74, 6) is 1.09. The monoisotopic (exact) mass is 583 g/mol. The van der Waals surface area contributed by atoms with E-state index in [2.05, 4.69) is 125 Å². The standard InChI is InChI=1S/C38H21N3S2/c1-5-11-31-22(7-1)24-17-21(14-16-33(24)42-31)20-13-15-30-26(18-20)34-36-27(19-25-23-8-2-6-12-32(23)43-37(25)34)35-38(41(30)36)40-29-10-4-3-9-28(29)39-35/h1-19,29,40H. The third-order valence-corrected chi connectivity index (χ3v) is 11.7. The number of benzene rings is 5. The average molecular weight is 584 g/mol. The number of hydrogen-bond donors (Lipinski definition) is 1. The lowest BCUT2D eigenvalue weighted by Gasteiger charge is -2.23. The molecule has 43 heavy (non-hydrogen) atoms. The van der Waals surface area contributed by atoms with Gasteiger partial charge in [0, 0.05) is 56.5 Å². The second-order valence-electron chi connectivity index (χ2n) is 11.6. The Bertz CT molecular complexity index is 2770. The maximum Gasteiger partial charge on any atom is 0.138 e. The molecule has 5 heterocycles. The molecule has 1 aliphatic heterocycles. The second-order valence-corrected chi connectivity index (χ2v) is 13.7. The summed E-state index contributed by atoms with van der Waals surface area (Å²) in [6.07, 6.45) is 8.51. The molecular weight excluding hydrogens is 563 g/mol. The molecule has 4 aromatic heterocycles. The van der Waals surface area contributed by atoms with Crippen molar-refractivity contribution in [1.82, 2.24) is 4.40 Å². The summed E-state index contributed by atoms with van der Waals surface area (Å²) in [6, 6.07) is 34.0. The fourth-order valence-electron chi connectivity index (χ4n) is 7.40. The van der Waals surface area contributed by atoms with Gasteiger partial charge < -0.3 is 5.32 Å². The van der Waals surface area contributed by atoms with E-state index in [9.17, 15) is 0 Å². The maximum atomic E-state index is 5.25. The SMILES string of the molecule is C1=CC2=Nc3c(n4c5ccc(-c6ccc7sc8ccccc8c7c6)cc5c5c6sc7ccccc7c6cc3c54)NC2C=C1. The van der Waals surface area contributed by atoms with Gasteiger partial charge in [-0.1, -0.05) is 66.8 Å². The Hall–Kier alpha value is -4.97. The number of anilines is 1. The molecule has 0 spiro atoms. The predicted molar refractivity (Wildman–Crippen MR) is 188 cm³/mol. The number of hydrogen-bond acceptors (Lipinski definition) is 4. The Morgan fingerprint density at radius 1 is 0.651 bits per heavy atom. The van der Waals surface area contributed by atoms with Crippen molar-refractivity contribution in [3.8, 4) is 11.1 Å². The molecule has 5 heteroatoms. The quantitative estimate of drug-likeness (QED) is 0.205. The van der Waals surface area contributed by atoms with E-state index < -0.39 is 0 Å². The van der Waals surface area contributed by atoms with Crippen molar-refractivity contribution in [1.29, 1.82) is 0 Å². The fourth-order valence-corrected chi connectivity index (χ4v) is 9.73. The predicted octanol–water partition coefficient (Wildman–Crippen LogP) is 11.1. The fraction of sp³-hybridized carbons (Fsp3) is 0.0263. The number of nitrogens with one attached hydrogen (secondary N) is 1. The van der Waals surface area contributed by atoms with Crippen molar-refractivity contribution in [2.24, 2.45) is 4.99 Å². The molecule has 5 aromatic carbocycles. The zero-order valence-corrected chi connectivity index (χ0v) is 24.4. The molecule has 3 nitrogen and oxygen atoms in total. The van der Waals surface area contributed by atoms with Crippen LogP contribution in [-0.4, -0.2) is 16.2 Å². The molecule has 1 atom stereocenters. The number of thiophene rings is 2. The van der Waals surface area contributed by atoms with Crippen LogP contribution in [0.5, 0.6) is 0 Å². The normalized spacial score (nSPS) is 16.3. The highest BCUT2D eigenvalue weighted by atomic mass is 32.1. The van der Waals surface area contributed by atoms with Gasteiger partial charge in [-0.3, -0.25) is 4.40 Å². The van der Waals surface area contributed by atoms with Crippen molar-refractivity contribution in [2.45, 2.75) is 6.04 Å². The van der Waals surface area contributed by atoms with E-state index in [1.54, 1.807) is 0 Å². The molecule has 0 amide bonds. The van der Waals surface area contributed by atoms with Gasteiger partial charge in [-0.15, -0.1) is 22.7 Å². The van der Waals surface area contributed by atoms with Crippen molar-refractivity contribution in [3.63, 3.8) is 0 Å². The number of aromatic nitrogens is 1. The number of allylic oxidation sites excluding steroid dienone is 2. The van der Waals surface area contributed by atoms with Gasteiger partial charge in [0.1, 0.15) is 11.5 Å². The molecule has 1 unspecified atom stereocenters. The summed E-state index contributed by atoms with van der Waals surface area (Å²) in [6.45, 7) is 0. The molecule has 9 aromatic rings. The van der Waals surface area contributed by atoms with Crippen LogP contribution in [-0.2, 0) is 0 Å². The Morgan fingerprint density at radius 2 is 1.40 bits per heavy atom. The maximum absolute atomic E-state index is 5.25. The van der Waals surface area contributed by atoms with Crippen molar-refractivity contribution < 1.29 is 0 Å². The van der Waals surface area contributed by atoms with Crippen molar-refractivity contribution in [2.75, 3.05) is 5.32 Å². The van der Waals surface area contributed by atoms with Crippen LogP contribution >= 0.6 is 22.7 Å². The van der Waals surface area contributed by atoms with E-state index in [0.29, 0.717) is 0 Å². The highest BCUT2D eigenvalue weighted by molar-refractivity contribution is 7.27. The first-order valence-electron chi connectivity index (χ1n) is 14.6. The van der Waals surface area contributed by atoms with Gasteiger partial charge >= 0.3 is 0 Å². The molecule has 0 saturated carbocycles. The molecule has 0 radical (unpaired) electrons. The van der Waals surface area contributed by atoms with E-state index in [1.807, 2.05) is 22.7 Å². The lowest BCUT2D eigenvalue weighted by molar-refractivity contribution is 1.09. The van der Waals surface area contributed by atoms with Crippen LogP contribution in [0.1, 0.15) is 0 Å². The lowest BCUT2D eigenvalue weighted by Crippen LogP contribution is -2.30. The number of rotatable bonds is 1. The summed E-state index contributed by atoms with van der Waals surface area (Å²) in [7, 11) is 0. The Balaban J connectivity index is 1.26. The van der Waals surface area contributed by atoms with Crippen molar-refractivity contribution in [3.05, 3.63) is 115 Å². The highest BCUT2D eigenvalue weighted by Gasteiger charge is 2.30. The Kier molecular flexibility index (Phi) is 4.15. The van der Waals surface area contributed by atoms with Crippen LogP contribution in [0.15, 0.2) is 120 Å². The Labute approximate surface area is 253 Å². The Morgan fingerprint density at radius 3 is 2.28 bits per heavy atom. The van der Waals surface area contributed by atoms with Crippen LogP contribution < -0.4 is 5.32 Å². The minimum Gasteiger partial charge on any atom is -0.357 e. The van der Waals surface area contributed by atoms with Gasteiger partial charge in [0.05, 0.1) is 22.8 Å². The molecule has 2 aliphatic rings. The summed E-state index contributed by atoms with van der Waals surface area (Å²) in [4.78, 5) is 5.25. The summed E-state index contributed by atoms with van der Waals surface area (Å²) >= 11 is 3.78. The molecule has 0 bridgehead atoms. The molecule has 0 fully saturated rings. The van der Waals surface area contributed by atoms with E-state index in [1.165, 1.54) is 78.7 Å². The molecule has 0 saturated heterocycles. The minimum atomic E-state index is 0.0824. The number of fused-ring (bicyclic) bond motifs is 14. The number of aliphatic imine (C=N–C) groups is 1. The van der Waals surface area contributed by atoms with Crippen LogP contribution in [0, 0.1) is 0 Å². The largest absolute Gasteiger partial charge is 0.357 e. The van der Waals surface area contributed by atoms with Crippen LogP contribution in [0.3, 0.4) is 0 Å². The van der Waals surface area contributed by atoms with E-state index >= 15 is 0 Å². The van der Waals surface area contributed by atoms with Gasteiger partial charge in [-0.25, -0.2) is 4.99 Å². The van der Waals surface area contributed by atoms with E-state index in [0.717, 1.165) is 17.2 Å². The third kappa shape index (κ3) is 2.86. The molecular formula is C38H21N3S2. The van der Waals surface area contributed by atoms with Crippen LogP contribution in [0.2, 0.25) is 0 Å². The van der Waals surface area contributed by atoms with Gasteiger partial charge in [0.2, 0.25) is 0 Å². The van der Waals surface area contributed by atoms with Crippen LogP contribution in [0.4, 0.5) is 11.5 Å². The molecule has 1 aliphatic carbocycles. The zero-order chi connectivity index (χ0) is 27.8. The molecule has 1 N–H and O–H groups in total. The number of nitrogens with zero attached hydrogens (tertiary/aromatic N) is 2. The first kappa shape index (κ1) is 22.6. The van der Waals surface area contributed by atoms with Crippen molar-refractivity contribution >= 4 is 107 Å². The van der Waals surface area contributed by atoms with E-state index in [-0.39, 0.29) is 6.04 Å². The summed E-state index contributed by atoms with van der Waals surface area (Å²) in [5.41, 5.74) is 7.10. The summed E-state index contributed by atoms with van der Waals surface area (Å²) in [5, 5.41) is 13.0. The lowest BCUT2D eigenvalue weighted by atomic mass is 9.99. The highest BCUT2D eigenvalue weighted by Crippen LogP contribution is 2.52. The first-order chi connectivity index (χ1) is 21.3. The topological polar surface area (TPSA) is 28.8 Å². The second kappa shape index (κ2) is 7.90. The molecule has 11 rings (SSSR count). The van der Waals surface area contributed by atoms with Gasteiger partial charge in [-0.05, 0) is 59.7 Å². The summed E-state index contributed by atoms with van der Waals surface area (Å²) < 4.78 is 7.79. The van der Waals surface area contributed by atoms with Gasteiger partial charge in [-0.2, -0.15) is 0 Å². The zero-order valence-electron chi connectivity index (χ0n) is 22.8. The van der Waals surface area contributed by atoms with Crippen LogP contribution in [0.25, 0.3) is 78.7 Å². The molecule has 200 valence electrons. The third-order valence-electron chi connectivity index (χ3n) is 9.32. The van der Waals surface area contributed by atoms with Gasteiger partial charge in [0.25, 0.3) is 0 Å². The smallest absolute Gasteiger partial charge is 0.138 e. The first-order valence-corrected chi connectivity index (χ1v) is 16.2. The van der Waals surface area contributed by atoms with Gasteiger partial charge in [0.15, 0.2) is 0 Å². The average Bonchev–Trinajstić information content (AvgIpc) is 3.79.